The second-order valence-electron chi connectivity index (χ2n) is 6.32. The van der Waals surface area contributed by atoms with E-state index in [9.17, 15) is 0 Å². The van der Waals surface area contributed by atoms with Gasteiger partial charge in [-0.25, -0.2) is 4.68 Å². The fraction of sp³-hybridized carbons (Fsp3) is 0.348. The number of hydrogen-bond donors (Lipinski definition) is 0. The number of rotatable bonds is 4. The molecular formula is C23H30N2. The summed E-state index contributed by atoms with van der Waals surface area (Å²) in [6.07, 6.45) is 3.01. The van der Waals surface area contributed by atoms with Crippen molar-refractivity contribution in [1.82, 2.24) is 9.78 Å². The molecule has 1 heterocycles. The summed E-state index contributed by atoms with van der Waals surface area (Å²) < 4.78 is 2.10. The molecule has 1 atom stereocenters. The molecule has 2 aromatic carbocycles. The Balaban J connectivity index is 0.00000109. The maximum absolute atomic E-state index is 4.65. The second-order valence-corrected chi connectivity index (χ2v) is 6.32. The zero-order chi connectivity index (χ0) is 18.4. The SMILES string of the molecule is CC.CCC(C)c1cc(C)cc(C)c1-n1nccc1-c1ccccc1. The van der Waals surface area contributed by atoms with Crippen LogP contribution >= 0.6 is 0 Å². The van der Waals surface area contributed by atoms with Crippen LogP contribution in [0.4, 0.5) is 0 Å². The number of aryl methyl sites for hydroxylation is 2. The first-order valence-electron chi connectivity index (χ1n) is 9.32. The van der Waals surface area contributed by atoms with E-state index in [1.165, 1.54) is 27.9 Å². The standard InChI is InChI=1S/C21H24N2.C2H6/c1-5-16(3)19-14-15(2)13-17(4)21(19)23-20(11-12-22-23)18-9-7-6-8-10-18;1-2/h6-14,16H,5H2,1-4H3;1-2H3. The summed E-state index contributed by atoms with van der Waals surface area (Å²) in [6.45, 7) is 12.9. The lowest BCUT2D eigenvalue weighted by atomic mass is 9.92. The van der Waals surface area contributed by atoms with Gasteiger partial charge in [0.05, 0.1) is 17.6 Å². The molecule has 0 spiro atoms. The fourth-order valence-electron chi connectivity index (χ4n) is 3.19. The van der Waals surface area contributed by atoms with Gasteiger partial charge >= 0.3 is 0 Å². The second kappa shape index (κ2) is 8.66. The molecule has 0 saturated carbocycles. The Hall–Kier alpha value is -2.35. The molecule has 0 fully saturated rings. The van der Waals surface area contributed by atoms with Crippen LogP contribution < -0.4 is 0 Å². The Morgan fingerprint density at radius 3 is 2.32 bits per heavy atom. The van der Waals surface area contributed by atoms with E-state index in [2.05, 4.69) is 79.9 Å². The minimum absolute atomic E-state index is 0.511. The molecule has 132 valence electrons. The van der Waals surface area contributed by atoms with Crippen LogP contribution in [0.1, 0.15) is 56.7 Å². The highest BCUT2D eigenvalue weighted by atomic mass is 15.3. The van der Waals surface area contributed by atoms with E-state index in [0.717, 1.165) is 12.1 Å². The molecule has 0 aliphatic rings. The van der Waals surface area contributed by atoms with E-state index in [-0.39, 0.29) is 0 Å². The van der Waals surface area contributed by atoms with E-state index in [1.54, 1.807) is 0 Å². The first-order chi connectivity index (χ1) is 12.1. The molecule has 0 saturated heterocycles. The van der Waals surface area contributed by atoms with Crippen LogP contribution in [0.25, 0.3) is 16.9 Å². The van der Waals surface area contributed by atoms with Crippen LogP contribution in [0, 0.1) is 13.8 Å². The predicted octanol–water partition coefficient (Wildman–Crippen LogP) is 6.70. The zero-order valence-corrected chi connectivity index (χ0v) is 16.4. The molecule has 0 radical (unpaired) electrons. The number of benzene rings is 2. The lowest BCUT2D eigenvalue weighted by molar-refractivity contribution is 0.715. The molecule has 3 aromatic rings. The molecule has 0 N–H and O–H groups in total. The molecule has 0 aliphatic heterocycles. The summed E-state index contributed by atoms with van der Waals surface area (Å²) in [6, 6.07) is 17.1. The van der Waals surface area contributed by atoms with Gasteiger partial charge in [0, 0.05) is 5.56 Å². The van der Waals surface area contributed by atoms with E-state index in [1.807, 2.05) is 26.1 Å². The van der Waals surface area contributed by atoms with Crippen LogP contribution in [0.2, 0.25) is 0 Å². The van der Waals surface area contributed by atoms with Crippen molar-refractivity contribution >= 4 is 0 Å². The summed E-state index contributed by atoms with van der Waals surface area (Å²) in [5.74, 6) is 0.511. The van der Waals surface area contributed by atoms with Crippen molar-refractivity contribution in [2.75, 3.05) is 0 Å². The average molecular weight is 335 g/mol. The highest BCUT2D eigenvalue weighted by Crippen LogP contribution is 2.32. The van der Waals surface area contributed by atoms with E-state index in [0.29, 0.717) is 5.92 Å². The van der Waals surface area contributed by atoms with E-state index in [4.69, 9.17) is 0 Å². The van der Waals surface area contributed by atoms with Crippen molar-refractivity contribution in [1.29, 1.82) is 0 Å². The van der Waals surface area contributed by atoms with Crippen molar-refractivity contribution in [3.05, 3.63) is 71.4 Å². The van der Waals surface area contributed by atoms with Crippen LogP contribution in [-0.4, -0.2) is 9.78 Å². The van der Waals surface area contributed by atoms with Gasteiger partial charge in [-0.1, -0.05) is 75.7 Å². The average Bonchev–Trinajstić information content (AvgIpc) is 3.12. The molecular weight excluding hydrogens is 304 g/mol. The van der Waals surface area contributed by atoms with Gasteiger partial charge in [-0.05, 0) is 43.4 Å². The Kier molecular flexibility index (Phi) is 6.58. The van der Waals surface area contributed by atoms with Crippen molar-refractivity contribution in [2.24, 2.45) is 0 Å². The van der Waals surface area contributed by atoms with Gasteiger partial charge in [0.15, 0.2) is 0 Å². The maximum Gasteiger partial charge on any atom is 0.0741 e. The molecule has 0 bridgehead atoms. The molecule has 1 unspecified atom stereocenters. The van der Waals surface area contributed by atoms with E-state index < -0.39 is 0 Å². The third-order valence-electron chi connectivity index (χ3n) is 4.54. The van der Waals surface area contributed by atoms with Crippen LogP contribution in [-0.2, 0) is 0 Å². The lowest BCUT2D eigenvalue weighted by Crippen LogP contribution is -2.08. The highest BCUT2D eigenvalue weighted by molar-refractivity contribution is 5.64. The highest BCUT2D eigenvalue weighted by Gasteiger charge is 2.17. The van der Waals surface area contributed by atoms with Crippen LogP contribution in [0.15, 0.2) is 54.7 Å². The minimum atomic E-state index is 0.511. The molecule has 2 heteroatoms. The van der Waals surface area contributed by atoms with E-state index >= 15 is 0 Å². The smallest absolute Gasteiger partial charge is 0.0741 e. The Labute approximate surface area is 152 Å². The predicted molar refractivity (Wildman–Crippen MR) is 109 cm³/mol. The van der Waals surface area contributed by atoms with Gasteiger partial charge in [0.2, 0.25) is 0 Å². The third-order valence-corrected chi connectivity index (χ3v) is 4.54. The first-order valence-corrected chi connectivity index (χ1v) is 9.32. The monoisotopic (exact) mass is 334 g/mol. The molecule has 0 aliphatic carbocycles. The quantitative estimate of drug-likeness (QED) is 0.519. The largest absolute Gasteiger partial charge is 0.233 e. The number of aromatic nitrogens is 2. The normalized spacial score (nSPS) is 11.6. The molecule has 0 amide bonds. The summed E-state index contributed by atoms with van der Waals surface area (Å²) in [7, 11) is 0. The molecule has 25 heavy (non-hydrogen) atoms. The lowest BCUT2D eigenvalue weighted by Gasteiger charge is -2.20. The molecule has 1 aromatic heterocycles. The Morgan fingerprint density at radius 2 is 1.68 bits per heavy atom. The van der Waals surface area contributed by atoms with Gasteiger partial charge in [-0.3, -0.25) is 0 Å². The molecule has 2 nitrogen and oxygen atoms in total. The van der Waals surface area contributed by atoms with Gasteiger partial charge in [0.1, 0.15) is 0 Å². The number of nitrogens with zero attached hydrogens (tertiary/aromatic N) is 2. The summed E-state index contributed by atoms with van der Waals surface area (Å²) in [5.41, 5.74) is 7.54. The van der Waals surface area contributed by atoms with Crippen molar-refractivity contribution in [2.45, 2.75) is 53.9 Å². The summed E-state index contributed by atoms with van der Waals surface area (Å²) >= 11 is 0. The Bertz CT molecular complexity index is 800. The summed E-state index contributed by atoms with van der Waals surface area (Å²) in [5, 5.41) is 4.65. The van der Waals surface area contributed by atoms with Crippen molar-refractivity contribution in [3.8, 4) is 16.9 Å². The van der Waals surface area contributed by atoms with Gasteiger partial charge in [0.25, 0.3) is 0 Å². The minimum Gasteiger partial charge on any atom is -0.233 e. The van der Waals surface area contributed by atoms with Crippen molar-refractivity contribution < 1.29 is 0 Å². The maximum atomic E-state index is 4.65. The molecule has 3 rings (SSSR count). The Morgan fingerprint density at radius 1 is 1.00 bits per heavy atom. The van der Waals surface area contributed by atoms with Gasteiger partial charge in [-0.2, -0.15) is 5.10 Å². The van der Waals surface area contributed by atoms with Crippen molar-refractivity contribution in [3.63, 3.8) is 0 Å². The summed E-state index contributed by atoms with van der Waals surface area (Å²) in [4.78, 5) is 0. The first kappa shape index (κ1) is 19.0. The topological polar surface area (TPSA) is 17.8 Å². The number of hydrogen-bond acceptors (Lipinski definition) is 1. The third kappa shape index (κ3) is 4.01. The van der Waals surface area contributed by atoms with Crippen LogP contribution in [0.5, 0.6) is 0 Å². The van der Waals surface area contributed by atoms with Crippen LogP contribution in [0.3, 0.4) is 0 Å². The van der Waals surface area contributed by atoms with Gasteiger partial charge in [-0.15, -0.1) is 0 Å². The fourth-order valence-corrected chi connectivity index (χ4v) is 3.19. The van der Waals surface area contributed by atoms with Gasteiger partial charge < -0.3 is 0 Å². The zero-order valence-electron chi connectivity index (χ0n) is 16.4.